The van der Waals surface area contributed by atoms with Gasteiger partial charge in [-0.05, 0) is 25.2 Å². The van der Waals surface area contributed by atoms with Crippen molar-refractivity contribution in [3.05, 3.63) is 16.3 Å². The number of hydrogen-bond acceptors (Lipinski definition) is 3. The van der Waals surface area contributed by atoms with Crippen molar-refractivity contribution in [2.45, 2.75) is 70.4 Å². The molecule has 2 heterocycles. The molecule has 1 aromatic heterocycles. The van der Waals surface area contributed by atoms with Gasteiger partial charge in [0.25, 0.3) is 0 Å². The topological polar surface area (TPSA) is 68.9 Å². The molecule has 0 radical (unpaired) electrons. The molecule has 6 heteroatoms. The number of aryl methyl sites for hydroxylation is 2. The lowest BCUT2D eigenvalue weighted by molar-refractivity contribution is -0.122. The third-order valence-corrected chi connectivity index (χ3v) is 5.12. The lowest BCUT2D eigenvalue weighted by atomic mass is 10.0. The maximum absolute atomic E-state index is 12.1. The van der Waals surface area contributed by atoms with E-state index in [1.54, 1.807) is 11.6 Å². The van der Waals surface area contributed by atoms with Crippen LogP contribution in [0.3, 0.4) is 0 Å². The standard InChI is InChI=1S/C16H26N4O2/c1-19-16(22)20-11-10-13(7-8-14(20)18-19)17-15(21)9-6-12-4-2-3-5-12/h12-13H,2-11H2,1H3,(H,17,21). The van der Waals surface area contributed by atoms with Crippen molar-refractivity contribution in [3.8, 4) is 0 Å². The van der Waals surface area contributed by atoms with Crippen LogP contribution in [0.4, 0.5) is 0 Å². The van der Waals surface area contributed by atoms with Gasteiger partial charge in [-0.25, -0.2) is 9.48 Å². The molecule has 2 aliphatic rings. The van der Waals surface area contributed by atoms with Gasteiger partial charge in [-0.2, -0.15) is 5.10 Å². The third-order valence-electron chi connectivity index (χ3n) is 5.12. The normalized spacial score (nSPS) is 22.3. The highest BCUT2D eigenvalue weighted by atomic mass is 16.2. The highest BCUT2D eigenvalue weighted by molar-refractivity contribution is 5.76. The van der Waals surface area contributed by atoms with Crippen molar-refractivity contribution >= 4 is 5.91 Å². The molecule has 22 heavy (non-hydrogen) atoms. The second-order valence-electron chi connectivity index (χ2n) is 6.75. The number of fused-ring (bicyclic) bond motifs is 1. The van der Waals surface area contributed by atoms with Crippen LogP contribution in [-0.2, 0) is 24.8 Å². The number of rotatable bonds is 4. The molecule has 0 spiro atoms. The van der Waals surface area contributed by atoms with Crippen LogP contribution < -0.4 is 11.0 Å². The zero-order chi connectivity index (χ0) is 15.5. The van der Waals surface area contributed by atoms with Crippen LogP contribution in [0.2, 0.25) is 0 Å². The Morgan fingerprint density at radius 2 is 2.05 bits per heavy atom. The number of hydrogen-bond donors (Lipinski definition) is 1. The van der Waals surface area contributed by atoms with E-state index < -0.39 is 0 Å². The summed E-state index contributed by atoms with van der Waals surface area (Å²) in [4.78, 5) is 24.0. The second kappa shape index (κ2) is 6.67. The molecule has 1 aliphatic heterocycles. The number of carbonyl (C=O) groups is 1. The molecule has 3 rings (SSSR count). The predicted molar refractivity (Wildman–Crippen MR) is 83.5 cm³/mol. The molecule has 0 saturated heterocycles. The van der Waals surface area contributed by atoms with E-state index in [1.165, 1.54) is 30.4 Å². The molecular formula is C16H26N4O2. The molecule has 1 aliphatic carbocycles. The largest absolute Gasteiger partial charge is 0.353 e. The Kier molecular flexibility index (Phi) is 4.64. The predicted octanol–water partition coefficient (Wildman–Crippen LogP) is 1.37. The Morgan fingerprint density at radius 1 is 1.27 bits per heavy atom. The van der Waals surface area contributed by atoms with E-state index in [9.17, 15) is 9.59 Å². The van der Waals surface area contributed by atoms with E-state index in [1.807, 2.05) is 0 Å². The average Bonchev–Trinajstić information content (AvgIpc) is 3.05. The Labute approximate surface area is 130 Å². The van der Waals surface area contributed by atoms with E-state index in [0.29, 0.717) is 13.0 Å². The number of nitrogens with zero attached hydrogens (tertiary/aromatic N) is 3. The lowest BCUT2D eigenvalue weighted by Crippen LogP contribution is -2.35. The molecule has 0 bridgehead atoms. The Balaban J connectivity index is 1.48. The van der Waals surface area contributed by atoms with Gasteiger partial charge in [0, 0.05) is 32.5 Å². The summed E-state index contributed by atoms with van der Waals surface area (Å²) < 4.78 is 3.14. The zero-order valence-electron chi connectivity index (χ0n) is 13.4. The van der Waals surface area contributed by atoms with Gasteiger partial charge >= 0.3 is 5.69 Å². The van der Waals surface area contributed by atoms with E-state index in [4.69, 9.17) is 0 Å². The molecule has 1 amide bonds. The second-order valence-corrected chi connectivity index (χ2v) is 6.75. The molecule has 1 N–H and O–H groups in total. The van der Waals surface area contributed by atoms with Crippen molar-refractivity contribution < 1.29 is 4.79 Å². The van der Waals surface area contributed by atoms with E-state index in [0.717, 1.165) is 37.4 Å². The van der Waals surface area contributed by atoms with Crippen molar-refractivity contribution in [2.75, 3.05) is 0 Å². The highest BCUT2D eigenvalue weighted by Gasteiger charge is 2.22. The Hall–Kier alpha value is -1.59. The summed E-state index contributed by atoms with van der Waals surface area (Å²) in [5.74, 6) is 1.77. The van der Waals surface area contributed by atoms with Gasteiger partial charge in [0.05, 0.1) is 0 Å². The first-order chi connectivity index (χ1) is 10.6. The summed E-state index contributed by atoms with van der Waals surface area (Å²) >= 11 is 0. The summed E-state index contributed by atoms with van der Waals surface area (Å²) in [7, 11) is 1.69. The van der Waals surface area contributed by atoms with Crippen LogP contribution >= 0.6 is 0 Å². The molecule has 6 nitrogen and oxygen atoms in total. The van der Waals surface area contributed by atoms with E-state index >= 15 is 0 Å². The minimum absolute atomic E-state index is 0.0526. The summed E-state index contributed by atoms with van der Waals surface area (Å²) in [6.07, 6.45) is 9.35. The maximum atomic E-state index is 12.1. The average molecular weight is 306 g/mol. The lowest BCUT2D eigenvalue weighted by Gasteiger charge is -2.17. The van der Waals surface area contributed by atoms with Crippen molar-refractivity contribution in [3.63, 3.8) is 0 Å². The Morgan fingerprint density at radius 3 is 2.82 bits per heavy atom. The summed E-state index contributed by atoms with van der Waals surface area (Å²) in [5.41, 5.74) is -0.0526. The number of nitrogens with one attached hydrogen (secondary N) is 1. The van der Waals surface area contributed by atoms with Crippen LogP contribution in [0.25, 0.3) is 0 Å². The van der Waals surface area contributed by atoms with E-state index in [2.05, 4.69) is 10.4 Å². The molecular weight excluding hydrogens is 280 g/mol. The molecule has 0 aromatic carbocycles. The van der Waals surface area contributed by atoms with Crippen molar-refractivity contribution in [1.82, 2.24) is 19.7 Å². The minimum atomic E-state index is -0.0526. The SMILES string of the molecule is Cn1nc2n(c1=O)CCC(NC(=O)CCC1CCCC1)CC2. The number of amides is 1. The van der Waals surface area contributed by atoms with Crippen molar-refractivity contribution in [1.29, 1.82) is 0 Å². The van der Waals surface area contributed by atoms with Crippen LogP contribution in [0, 0.1) is 5.92 Å². The number of aromatic nitrogens is 3. The summed E-state index contributed by atoms with van der Waals surface area (Å²) in [5, 5.41) is 7.42. The first-order valence-corrected chi connectivity index (χ1v) is 8.55. The molecule has 1 unspecified atom stereocenters. The van der Waals surface area contributed by atoms with Crippen LogP contribution in [0.1, 0.15) is 57.2 Å². The first-order valence-electron chi connectivity index (χ1n) is 8.55. The fourth-order valence-corrected chi connectivity index (χ4v) is 3.78. The maximum Gasteiger partial charge on any atom is 0.345 e. The number of carbonyl (C=O) groups excluding carboxylic acids is 1. The third kappa shape index (κ3) is 3.42. The van der Waals surface area contributed by atoms with Gasteiger partial charge in [0.15, 0.2) is 0 Å². The van der Waals surface area contributed by atoms with Gasteiger partial charge in [0.1, 0.15) is 5.82 Å². The monoisotopic (exact) mass is 306 g/mol. The van der Waals surface area contributed by atoms with Gasteiger partial charge in [-0.15, -0.1) is 0 Å². The summed E-state index contributed by atoms with van der Waals surface area (Å²) in [6.45, 7) is 0.648. The van der Waals surface area contributed by atoms with E-state index in [-0.39, 0.29) is 17.6 Å². The molecule has 1 fully saturated rings. The smallest absolute Gasteiger partial charge is 0.345 e. The van der Waals surface area contributed by atoms with Crippen molar-refractivity contribution in [2.24, 2.45) is 13.0 Å². The fourth-order valence-electron chi connectivity index (χ4n) is 3.78. The highest BCUT2D eigenvalue weighted by Crippen LogP contribution is 2.28. The zero-order valence-corrected chi connectivity index (χ0v) is 13.4. The molecule has 1 aromatic rings. The fraction of sp³-hybridized carbons (Fsp3) is 0.812. The summed E-state index contributed by atoms with van der Waals surface area (Å²) in [6, 6.07) is 0.169. The van der Waals surface area contributed by atoms with Gasteiger partial charge in [-0.1, -0.05) is 25.7 Å². The van der Waals surface area contributed by atoms with Gasteiger partial charge in [-0.3, -0.25) is 9.36 Å². The molecule has 122 valence electrons. The van der Waals surface area contributed by atoms with Gasteiger partial charge in [0.2, 0.25) is 5.91 Å². The Bertz CT molecular complexity index is 583. The quantitative estimate of drug-likeness (QED) is 0.913. The van der Waals surface area contributed by atoms with Crippen LogP contribution in [0.5, 0.6) is 0 Å². The van der Waals surface area contributed by atoms with Crippen LogP contribution in [-0.4, -0.2) is 26.3 Å². The minimum Gasteiger partial charge on any atom is -0.353 e. The van der Waals surface area contributed by atoms with Gasteiger partial charge < -0.3 is 5.32 Å². The molecule has 1 saturated carbocycles. The first kappa shape index (κ1) is 15.3. The van der Waals surface area contributed by atoms with Crippen LogP contribution in [0.15, 0.2) is 4.79 Å². The molecule has 1 atom stereocenters.